The van der Waals surface area contributed by atoms with E-state index in [0.29, 0.717) is 12.5 Å². The van der Waals surface area contributed by atoms with Gasteiger partial charge in [0.1, 0.15) is 5.01 Å². The number of thiazole rings is 1. The summed E-state index contributed by atoms with van der Waals surface area (Å²) in [6, 6.07) is 4.85. The molecule has 1 aliphatic rings. The minimum Gasteiger partial charge on any atom is -0.337 e. The van der Waals surface area contributed by atoms with E-state index in [-0.39, 0.29) is 11.9 Å². The Morgan fingerprint density at radius 2 is 2.25 bits per heavy atom. The molecule has 3 rings (SSSR count). The zero-order valence-corrected chi connectivity index (χ0v) is 13.3. The van der Waals surface area contributed by atoms with Gasteiger partial charge in [0.25, 0.3) is 0 Å². The van der Waals surface area contributed by atoms with Crippen LogP contribution in [0.3, 0.4) is 0 Å². The zero-order chi connectivity index (χ0) is 14.1. The molecular weight excluding hydrogens is 288 g/mol. The number of amides is 1. The fourth-order valence-electron chi connectivity index (χ4n) is 2.41. The summed E-state index contributed by atoms with van der Waals surface area (Å²) in [5.74, 6) is 0.213. The van der Waals surface area contributed by atoms with Gasteiger partial charge in [0.2, 0.25) is 5.91 Å². The predicted octanol–water partition coefficient (Wildman–Crippen LogP) is 3.81. The van der Waals surface area contributed by atoms with E-state index in [4.69, 9.17) is 0 Å². The van der Waals surface area contributed by atoms with E-state index < -0.39 is 0 Å². The first-order valence-corrected chi connectivity index (χ1v) is 8.70. The largest absolute Gasteiger partial charge is 0.337 e. The smallest absolute Gasteiger partial charge is 0.229 e. The highest BCUT2D eigenvalue weighted by molar-refractivity contribution is 7.20. The monoisotopic (exact) mass is 306 g/mol. The van der Waals surface area contributed by atoms with Gasteiger partial charge < -0.3 is 4.90 Å². The van der Waals surface area contributed by atoms with Crippen molar-refractivity contribution < 1.29 is 4.79 Å². The van der Waals surface area contributed by atoms with Crippen LogP contribution in [0.15, 0.2) is 22.9 Å². The standard InChI is InChI=1S/C15H18N2OS2/c1-10(2)17(12-5-6-12)14(18)8-11-9-20-15(16-11)13-4-3-7-19-13/h3-4,7,9-10,12H,5-6,8H2,1-2H3. The summed E-state index contributed by atoms with van der Waals surface area (Å²) in [6.07, 6.45) is 2.74. The summed E-state index contributed by atoms with van der Waals surface area (Å²) >= 11 is 3.31. The van der Waals surface area contributed by atoms with Crippen molar-refractivity contribution in [3.05, 3.63) is 28.6 Å². The average Bonchev–Trinajstić information content (AvgIpc) is 2.92. The molecule has 1 aliphatic carbocycles. The van der Waals surface area contributed by atoms with Crippen molar-refractivity contribution in [1.82, 2.24) is 9.88 Å². The quantitative estimate of drug-likeness (QED) is 0.841. The Labute approximate surface area is 127 Å². The van der Waals surface area contributed by atoms with Gasteiger partial charge >= 0.3 is 0 Å². The minimum absolute atomic E-state index is 0.213. The highest BCUT2D eigenvalue weighted by Crippen LogP contribution is 2.30. The van der Waals surface area contributed by atoms with Crippen LogP contribution in [-0.4, -0.2) is 27.9 Å². The number of carbonyl (C=O) groups is 1. The average molecular weight is 306 g/mol. The third-order valence-corrected chi connectivity index (χ3v) is 5.33. The van der Waals surface area contributed by atoms with Crippen LogP contribution >= 0.6 is 22.7 Å². The van der Waals surface area contributed by atoms with Crippen molar-refractivity contribution in [2.24, 2.45) is 0 Å². The molecule has 5 heteroatoms. The Bertz CT molecular complexity index is 583. The predicted molar refractivity (Wildman–Crippen MR) is 84.1 cm³/mol. The van der Waals surface area contributed by atoms with E-state index in [1.54, 1.807) is 22.7 Å². The summed E-state index contributed by atoms with van der Waals surface area (Å²) in [5.41, 5.74) is 0.898. The fraction of sp³-hybridized carbons (Fsp3) is 0.467. The molecule has 106 valence electrons. The molecule has 0 bridgehead atoms. The van der Waals surface area contributed by atoms with Gasteiger partial charge in [-0.15, -0.1) is 22.7 Å². The molecule has 0 N–H and O–H groups in total. The van der Waals surface area contributed by atoms with Gasteiger partial charge in [-0.2, -0.15) is 0 Å². The summed E-state index contributed by atoms with van der Waals surface area (Å²) in [5, 5.41) is 5.08. The molecule has 0 aliphatic heterocycles. The van der Waals surface area contributed by atoms with Crippen LogP contribution in [-0.2, 0) is 11.2 Å². The number of hydrogen-bond acceptors (Lipinski definition) is 4. The Kier molecular flexibility index (Phi) is 3.89. The molecular formula is C15H18N2OS2. The lowest BCUT2D eigenvalue weighted by molar-refractivity contribution is -0.132. The molecule has 2 aromatic heterocycles. The molecule has 0 saturated heterocycles. The molecule has 1 saturated carbocycles. The summed E-state index contributed by atoms with van der Waals surface area (Å²) < 4.78 is 0. The first-order valence-electron chi connectivity index (χ1n) is 6.94. The van der Waals surface area contributed by atoms with Gasteiger partial charge in [-0.25, -0.2) is 4.98 Å². The van der Waals surface area contributed by atoms with Gasteiger partial charge in [-0.3, -0.25) is 4.79 Å². The minimum atomic E-state index is 0.213. The molecule has 2 heterocycles. The van der Waals surface area contributed by atoms with Crippen molar-refractivity contribution in [3.63, 3.8) is 0 Å². The van der Waals surface area contributed by atoms with Gasteiger partial charge in [-0.1, -0.05) is 6.07 Å². The van der Waals surface area contributed by atoms with Crippen LogP contribution in [0.4, 0.5) is 0 Å². The number of hydrogen-bond donors (Lipinski definition) is 0. The van der Waals surface area contributed by atoms with Gasteiger partial charge in [-0.05, 0) is 38.1 Å². The molecule has 3 nitrogen and oxygen atoms in total. The van der Waals surface area contributed by atoms with E-state index in [9.17, 15) is 4.79 Å². The third-order valence-electron chi connectivity index (χ3n) is 3.40. The molecule has 0 atom stereocenters. The Balaban J connectivity index is 1.70. The number of aromatic nitrogens is 1. The molecule has 0 aromatic carbocycles. The van der Waals surface area contributed by atoms with E-state index in [0.717, 1.165) is 23.5 Å². The number of carbonyl (C=O) groups excluding carboxylic acids is 1. The maximum atomic E-state index is 12.4. The molecule has 20 heavy (non-hydrogen) atoms. The lowest BCUT2D eigenvalue weighted by atomic mass is 10.2. The van der Waals surface area contributed by atoms with Crippen molar-refractivity contribution in [1.29, 1.82) is 0 Å². The van der Waals surface area contributed by atoms with E-state index in [1.807, 2.05) is 16.3 Å². The lowest BCUT2D eigenvalue weighted by Crippen LogP contribution is -2.39. The van der Waals surface area contributed by atoms with Crippen molar-refractivity contribution in [2.75, 3.05) is 0 Å². The van der Waals surface area contributed by atoms with Crippen LogP contribution in [0.1, 0.15) is 32.4 Å². The fourth-order valence-corrected chi connectivity index (χ4v) is 4.05. The molecule has 1 amide bonds. The molecule has 2 aromatic rings. The number of nitrogens with zero attached hydrogens (tertiary/aromatic N) is 2. The maximum absolute atomic E-state index is 12.4. The zero-order valence-electron chi connectivity index (χ0n) is 11.7. The highest BCUT2D eigenvalue weighted by Gasteiger charge is 2.34. The number of rotatable bonds is 5. The van der Waals surface area contributed by atoms with Crippen molar-refractivity contribution in [3.8, 4) is 9.88 Å². The molecule has 0 spiro atoms. The highest BCUT2D eigenvalue weighted by atomic mass is 32.1. The van der Waals surface area contributed by atoms with Crippen LogP contribution in [0.2, 0.25) is 0 Å². The summed E-state index contributed by atoms with van der Waals surface area (Å²) in [7, 11) is 0. The van der Waals surface area contributed by atoms with Gasteiger partial charge in [0.05, 0.1) is 17.0 Å². The Hall–Kier alpha value is -1.20. The third kappa shape index (κ3) is 2.94. The van der Waals surface area contributed by atoms with Crippen LogP contribution < -0.4 is 0 Å². The topological polar surface area (TPSA) is 33.2 Å². The van der Waals surface area contributed by atoms with E-state index in [2.05, 4.69) is 30.3 Å². The molecule has 0 unspecified atom stereocenters. The van der Waals surface area contributed by atoms with E-state index >= 15 is 0 Å². The second-order valence-corrected chi connectivity index (χ2v) is 7.23. The SMILES string of the molecule is CC(C)N(C(=O)Cc1csc(-c2cccs2)n1)C1CC1. The Morgan fingerprint density at radius 3 is 2.85 bits per heavy atom. The molecule has 1 fully saturated rings. The first kappa shape index (κ1) is 13.8. The maximum Gasteiger partial charge on any atom is 0.229 e. The van der Waals surface area contributed by atoms with Gasteiger partial charge in [0.15, 0.2) is 0 Å². The van der Waals surface area contributed by atoms with Crippen molar-refractivity contribution in [2.45, 2.75) is 45.2 Å². The van der Waals surface area contributed by atoms with Crippen LogP contribution in [0, 0.1) is 0 Å². The first-order chi connectivity index (χ1) is 9.65. The normalized spacial score (nSPS) is 14.8. The lowest BCUT2D eigenvalue weighted by Gasteiger charge is -2.26. The number of thiophene rings is 1. The van der Waals surface area contributed by atoms with Crippen LogP contribution in [0.5, 0.6) is 0 Å². The summed E-state index contributed by atoms with van der Waals surface area (Å²) in [6.45, 7) is 4.18. The Morgan fingerprint density at radius 1 is 1.45 bits per heavy atom. The van der Waals surface area contributed by atoms with Gasteiger partial charge in [0, 0.05) is 17.5 Å². The molecule has 0 radical (unpaired) electrons. The second kappa shape index (κ2) is 5.66. The van der Waals surface area contributed by atoms with E-state index in [1.165, 1.54) is 4.88 Å². The van der Waals surface area contributed by atoms with Crippen LogP contribution in [0.25, 0.3) is 9.88 Å². The summed E-state index contributed by atoms with van der Waals surface area (Å²) in [4.78, 5) is 20.2. The second-order valence-electron chi connectivity index (χ2n) is 5.42. The van der Waals surface area contributed by atoms with Crippen molar-refractivity contribution >= 4 is 28.6 Å².